The van der Waals surface area contributed by atoms with Gasteiger partial charge in [-0.2, -0.15) is 0 Å². The SMILES string of the molecule is CN1CCC(C)(CNC(=O)c2cc(Br)cn2C2CC2)CC1. The van der Waals surface area contributed by atoms with Crippen LogP contribution >= 0.6 is 15.9 Å². The van der Waals surface area contributed by atoms with Crippen LogP contribution in [0.15, 0.2) is 16.7 Å². The third-order valence-electron chi connectivity index (χ3n) is 4.86. The first-order valence-corrected chi connectivity index (χ1v) is 8.60. The second kappa shape index (κ2) is 5.76. The van der Waals surface area contributed by atoms with Crippen molar-refractivity contribution in [2.75, 3.05) is 26.7 Å². The molecular formula is C16H24BrN3O. The van der Waals surface area contributed by atoms with Gasteiger partial charge in [0.25, 0.3) is 5.91 Å². The standard InChI is InChI=1S/C16H24BrN3O/c1-16(5-7-19(2)8-6-16)11-18-15(21)14-9-12(17)10-20(14)13-3-4-13/h9-10,13H,3-8,11H2,1-2H3,(H,18,21). The molecule has 1 saturated heterocycles. The molecule has 1 N–H and O–H groups in total. The van der Waals surface area contributed by atoms with Gasteiger partial charge in [-0.25, -0.2) is 0 Å². The molecule has 0 bridgehead atoms. The molecule has 2 heterocycles. The van der Waals surface area contributed by atoms with Crippen LogP contribution in [0.1, 0.15) is 49.1 Å². The summed E-state index contributed by atoms with van der Waals surface area (Å²) < 4.78 is 3.11. The summed E-state index contributed by atoms with van der Waals surface area (Å²) >= 11 is 3.49. The molecule has 1 saturated carbocycles. The van der Waals surface area contributed by atoms with Gasteiger partial charge < -0.3 is 14.8 Å². The molecule has 4 nitrogen and oxygen atoms in total. The molecule has 2 fully saturated rings. The maximum atomic E-state index is 12.5. The third kappa shape index (κ3) is 3.51. The topological polar surface area (TPSA) is 37.3 Å². The highest BCUT2D eigenvalue weighted by molar-refractivity contribution is 9.10. The van der Waals surface area contributed by atoms with E-state index >= 15 is 0 Å². The lowest BCUT2D eigenvalue weighted by Crippen LogP contribution is -2.43. The molecule has 0 aromatic carbocycles. The van der Waals surface area contributed by atoms with E-state index in [1.54, 1.807) is 0 Å². The van der Waals surface area contributed by atoms with Crippen LogP contribution in [0, 0.1) is 5.41 Å². The molecule has 0 unspecified atom stereocenters. The summed E-state index contributed by atoms with van der Waals surface area (Å²) in [5.41, 5.74) is 1.03. The summed E-state index contributed by atoms with van der Waals surface area (Å²) in [6.07, 6.45) is 6.70. The number of nitrogens with one attached hydrogen (secondary N) is 1. The number of nitrogens with zero attached hydrogens (tertiary/aromatic N) is 2. The summed E-state index contributed by atoms with van der Waals surface area (Å²) in [6, 6.07) is 2.46. The van der Waals surface area contributed by atoms with Crippen LogP contribution in [0.3, 0.4) is 0 Å². The molecule has 5 heteroatoms. The van der Waals surface area contributed by atoms with Gasteiger partial charge in [0, 0.05) is 23.3 Å². The van der Waals surface area contributed by atoms with Crippen molar-refractivity contribution in [1.82, 2.24) is 14.8 Å². The highest BCUT2D eigenvalue weighted by Crippen LogP contribution is 2.37. The normalized spacial score (nSPS) is 22.2. The summed E-state index contributed by atoms with van der Waals surface area (Å²) in [6.45, 7) is 5.30. The van der Waals surface area contributed by atoms with E-state index in [4.69, 9.17) is 0 Å². The zero-order valence-electron chi connectivity index (χ0n) is 12.9. The molecule has 0 spiro atoms. The highest BCUT2D eigenvalue weighted by atomic mass is 79.9. The largest absolute Gasteiger partial charge is 0.350 e. The quantitative estimate of drug-likeness (QED) is 0.903. The number of likely N-dealkylation sites (tertiary alicyclic amines) is 1. The lowest BCUT2D eigenvalue weighted by molar-refractivity contribution is 0.0882. The second-order valence-electron chi connectivity index (χ2n) is 6.98. The first kappa shape index (κ1) is 15.1. The molecule has 2 aliphatic rings. The van der Waals surface area contributed by atoms with E-state index in [-0.39, 0.29) is 11.3 Å². The van der Waals surface area contributed by atoms with Crippen molar-refractivity contribution in [2.24, 2.45) is 5.41 Å². The van der Waals surface area contributed by atoms with Gasteiger partial charge in [0.2, 0.25) is 0 Å². The van der Waals surface area contributed by atoms with Crippen molar-refractivity contribution < 1.29 is 4.79 Å². The number of aromatic nitrogens is 1. The fourth-order valence-electron chi connectivity index (χ4n) is 3.00. The maximum absolute atomic E-state index is 12.5. The number of piperidine rings is 1. The van der Waals surface area contributed by atoms with Crippen LogP contribution in [0.4, 0.5) is 0 Å². The van der Waals surface area contributed by atoms with Crippen molar-refractivity contribution in [2.45, 2.75) is 38.6 Å². The average molecular weight is 354 g/mol. The smallest absolute Gasteiger partial charge is 0.267 e. The van der Waals surface area contributed by atoms with Gasteiger partial charge in [0.1, 0.15) is 5.69 Å². The minimum Gasteiger partial charge on any atom is -0.350 e. The van der Waals surface area contributed by atoms with Crippen LogP contribution in [0.5, 0.6) is 0 Å². The van der Waals surface area contributed by atoms with E-state index in [9.17, 15) is 4.79 Å². The summed E-state index contributed by atoms with van der Waals surface area (Å²) in [4.78, 5) is 14.9. The lowest BCUT2D eigenvalue weighted by Gasteiger charge is -2.37. The molecule has 1 aliphatic heterocycles. The van der Waals surface area contributed by atoms with Gasteiger partial charge in [-0.15, -0.1) is 0 Å². The van der Waals surface area contributed by atoms with E-state index in [0.29, 0.717) is 6.04 Å². The average Bonchev–Trinajstić information content (AvgIpc) is 3.23. The Hall–Kier alpha value is -0.810. The van der Waals surface area contributed by atoms with Gasteiger partial charge in [0.15, 0.2) is 0 Å². The van der Waals surface area contributed by atoms with Crippen molar-refractivity contribution in [1.29, 1.82) is 0 Å². The van der Waals surface area contributed by atoms with Crippen LogP contribution in [0.25, 0.3) is 0 Å². The first-order chi connectivity index (χ1) is 9.97. The summed E-state index contributed by atoms with van der Waals surface area (Å²) in [5.74, 6) is 0.0627. The molecular weight excluding hydrogens is 330 g/mol. The van der Waals surface area contributed by atoms with Gasteiger partial charge in [-0.05, 0) is 73.2 Å². The molecule has 1 aromatic heterocycles. The zero-order valence-corrected chi connectivity index (χ0v) is 14.4. The number of rotatable bonds is 4. The van der Waals surface area contributed by atoms with Gasteiger partial charge in [0.05, 0.1) is 0 Å². The van der Waals surface area contributed by atoms with Crippen LogP contribution in [-0.2, 0) is 0 Å². The molecule has 1 aromatic rings. The highest BCUT2D eigenvalue weighted by Gasteiger charge is 2.31. The number of carbonyl (C=O) groups is 1. The van der Waals surface area contributed by atoms with Crippen molar-refractivity contribution in [3.63, 3.8) is 0 Å². The lowest BCUT2D eigenvalue weighted by atomic mass is 9.80. The van der Waals surface area contributed by atoms with Gasteiger partial charge in [-0.3, -0.25) is 4.79 Å². The zero-order chi connectivity index (χ0) is 15.0. The second-order valence-corrected chi connectivity index (χ2v) is 7.89. The Morgan fingerprint density at radius 2 is 2.10 bits per heavy atom. The summed E-state index contributed by atoms with van der Waals surface area (Å²) in [5, 5.41) is 3.16. The Balaban J connectivity index is 1.61. The predicted molar refractivity (Wildman–Crippen MR) is 87.6 cm³/mol. The van der Waals surface area contributed by atoms with Crippen LogP contribution < -0.4 is 5.32 Å². The summed E-state index contributed by atoms with van der Waals surface area (Å²) in [7, 11) is 2.16. The number of carbonyl (C=O) groups excluding carboxylic acids is 1. The Morgan fingerprint density at radius 1 is 1.43 bits per heavy atom. The number of hydrogen-bond acceptors (Lipinski definition) is 2. The Kier molecular flexibility index (Phi) is 4.14. The van der Waals surface area contributed by atoms with Crippen LogP contribution in [0.2, 0.25) is 0 Å². The van der Waals surface area contributed by atoms with E-state index in [1.165, 1.54) is 12.8 Å². The molecule has 116 valence electrons. The molecule has 1 aliphatic carbocycles. The Morgan fingerprint density at radius 3 is 2.71 bits per heavy atom. The predicted octanol–water partition coefficient (Wildman–Crippen LogP) is 3.05. The number of amides is 1. The molecule has 0 radical (unpaired) electrons. The first-order valence-electron chi connectivity index (χ1n) is 7.81. The van der Waals surface area contributed by atoms with Crippen LogP contribution in [-0.4, -0.2) is 42.1 Å². The van der Waals surface area contributed by atoms with E-state index < -0.39 is 0 Å². The molecule has 21 heavy (non-hydrogen) atoms. The fourth-order valence-corrected chi connectivity index (χ4v) is 3.44. The fraction of sp³-hybridized carbons (Fsp3) is 0.688. The van der Waals surface area contributed by atoms with Gasteiger partial charge >= 0.3 is 0 Å². The Labute approximate surface area is 135 Å². The molecule has 3 rings (SSSR count). The monoisotopic (exact) mass is 353 g/mol. The van der Waals surface area contributed by atoms with Crippen molar-refractivity contribution >= 4 is 21.8 Å². The minimum atomic E-state index is 0.0627. The van der Waals surface area contributed by atoms with Crippen molar-refractivity contribution in [3.05, 3.63) is 22.4 Å². The number of hydrogen-bond donors (Lipinski definition) is 1. The number of halogens is 1. The molecule has 1 amide bonds. The van der Waals surface area contributed by atoms with E-state index in [0.717, 1.165) is 42.6 Å². The Bertz CT molecular complexity index is 528. The van der Waals surface area contributed by atoms with E-state index in [2.05, 4.69) is 44.7 Å². The van der Waals surface area contributed by atoms with E-state index in [1.807, 2.05) is 12.3 Å². The molecule has 0 atom stereocenters. The maximum Gasteiger partial charge on any atom is 0.267 e. The minimum absolute atomic E-state index is 0.0627. The van der Waals surface area contributed by atoms with Gasteiger partial charge in [-0.1, -0.05) is 6.92 Å². The third-order valence-corrected chi connectivity index (χ3v) is 5.29. The van der Waals surface area contributed by atoms with Crippen molar-refractivity contribution in [3.8, 4) is 0 Å².